The molecule has 0 radical (unpaired) electrons. The highest BCUT2D eigenvalue weighted by atomic mass is 79.9. The molecule has 17 heavy (non-hydrogen) atoms. The predicted molar refractivity (Wildman–Crippen MR) is 79.7 cm³/mol. The van der Waals surface area contributed by atoms with Crippen LogP contribution in [0.25, 0.3) is 9.40 Å². The van der Waals surface area contributed by atoms with Crippen molar-refractivity contribution in [2.45, 2.75) is 13.3 Å². The summed E-state index contributed by atoms with van der Waals surface area (Å²) in [6.45, 7) is 3.70. The Kier molecular flexibility index (Phi) is 4.59. The Labute approximate surface area is 117 Å². The fraction of sp³-hybridized carbons (Fsp3) is 0.417. The smallest absolute Gasteiger partial charge is 0.264 e. The lowest BCUT2D eigenvalue weighted by molar-refractivity contribution is 0.0771. The summed E-state index contributed by atoms with van der Waals surface area (Å²) in [7, 11) is 0. The van der Waals surface area contributed by atoms with Crippen LogP contribution in [0, 0.1) is 0 Å². The molecule has 0 bridgehead atoms. The van der Waals surface area contributed by atoms with Crippen LogP contribution in [-0.2, 0) is 0 Å². The largest absolute Gasteiger partial charge is 0.337 e. The number of fused-ring (bicyclic) bond motifs is 1. The van der Waals surface area contributed by atoms with Crippen molar-refractivity contribution in [2.75, 3.05) is 18.4 Å². The molecule has 0 saturated carbocycles. The van der Waals surface area contributed by atoms with Gasteiger partial charge in [-0.15, -0.1) is 22.7 Å². The van der Waals surface area contributed by atoms with E-state index < -0.39 is 0 Å². The molecule has 1 amide bonds. The van der Waals surface area contributed by atoms with Gasteiger partial charge in [0.15, 0.2) is 0 Å². The van der Waals surface area contributed by atoms with E-state index in [2.05, 4.69) is 34.3 Å². The zero-order valence-electron chi connectivity index (χ0n) is 9.61. The van der Waals surface area contributed by atoms with Crippen LogP contribution in [0.15, 0.2) is 17.5 Å². The minimum absolute atomic E-state index is 0.166. The van der Waals surface area contributed by atoms with Gasteiger partial charge >= 0.3 is 0 Å². The third-order valence-electron chi connectivity index (χ3n) is 2.49. The summed E-state index contributed by atoms with van der Waals surface area (Å²) < 4.78 is 2.43. The van der Waals surface area contributed by atoms with Crippen LogP contribution in [0.5, 0.6) is 0 Å². The zero-order chi connectivity index (χ0) is 12.3. The fourth-order valence-corrected chi connectivity index (χ4v) is 4.22. The van der Waals surface area contributed by atoms with Gasteiger partial charge in [-0.1, -0.05) is 22.9 Å². The molecule has 0 aliphatic carbocycles. The molecule has 2 heterocycles. The summed E-state index contributed by atoms with van der Waals surface area (Å²) in [5.74, 6) is 0.166. The van der Waals surface area contributed by atoms with Crippen molar-refractivity contribution < 1.29 is 4.79 Å². The van der Waals surface area contributed by atoms with Crippen LogP contribution in [0.3, 0.4) is 0 Å². The molecule has 0 aliphatic rings. The number of rotatable bonds is 5. The Morgan fingerprint density at radius 1 is 1.41 bits per heavy atom. The number of alkyl halides is 1. The van der Waals surface area contributed by atoms with Gasteiger partial charge in [-0.25, -0.2) is 0 Å². The van der Waals surface area contributed by atoms with E-state index in [0.717, 1.165) is 29.7 Å². The Morgan fingerprint density at radius 2 is 2.24 bits per heavy atom. The van der Waals surface area contributed by atoms with Crippen molar-refractivity contribution in [3.05, 3.63) is 22.4 Å². The number of halogens is 1. The molecular weight excluding hydrogens is 318 g/mol. The molecule has 2 aromatic heterocycles. The van der Waals surface area contributed by atoms with Gasteiger partial charge in [0.2, 0.25) is 0 Å². The van der Waals surface area contributed by atoms with Gasteiger partial charge in [-0.2, -0.15) is 0 Å². The van der Waals surface area contributed by atoms with Gasteiger partial charge in [-0.3, -0.25) is 4.79 Å². The fourth-order valence-electron chi connectivity index (χ4n) is 1.71. The maximum absolute atomic E-state index is 12.3. The predicted octanol–water partition coefficient (Wildman–Crippen LogP) is 4.21. The third kappa shape index (κ3) is 2.89. The van der Waals surface area contributed by atoms with Gasteiger partial charge in [-0.05, 0) is 23.9 Å². The van der Waals surface area contributed by atoms with Crippen molar-refractivity contribution in [3.63, 3.8) is 0 Å². The van der Waals surface area contributed by atoms with Crippen LogP contribution in [0.4, 0.5) is 0 Å². The SMILES string of the molecule is CCCN(CCBr)C(=O)c1cc2sccc2s1. The second kappa shape index (κ2) is 5.98. The number of thiophene rings is 2. The lowest BCUT2D eigenvalue weighted by atomic mass is 10.3. The van der Waals surface area contributed by atoms with Gasteiger partial charge in [0.05, 0.1) is 4.88 Å². The second-order valence-electron chi connectivity index (χ2n) is 3.74. The molecule has 2 nitrogen and oxygen atoms in total. The summed E-state index contributed by atoms with van der Waals surface area (Å²) in [6.07, 6.45) is 0.998. The lowest BCUT2D eigenvalue weighted by Crippen LogP contribution is -2.32. The molecule has 0 spiro atoms. The maximum Gasteiger partial charge on any atom is 0.264 e. The minimum atomic E-state index is 0.166. The number of amides is 1. The molecule has 0 N–H and O–H groups in total. The molecule has 5 heteroatoms. The first-order valence-electron chi connectivity index (χ1n) is 5.58. The highest BCUT2D eigenvalue weighted by molar-refractivity contribution is 9.09. The maximum atomic E-state index is 12.3. The Morgan fingerprint density at radius 3 is 2.88 bits per heavy atom. The lowest BCUT2D eigenvalue weighted by Gasteiger charge is -2.20. The van der Waals surface area contributed by atoms with Crippen LogP contribution in [0.1, 0.15) is 23.0 Å². The highest BCUT2D eigenvalue weighted by Crippen LogP contribution is 2.30. The van der Waals surface area contributed by atoms with Crippen molar-refractivity contribution in [1.82, 2.24) is 4.90 Å². The summed E-state index contributed by atoms with van der Waals surface area (Å²) in [6, 6.07) is 4.10. The highest BCUT2D eigenvalue weighted by Gasteiger charge is 2.17. The topological polar surface area (TPSA) is 20.3 Å². The molecular formula is C12H14BrNOS2. The molecule has 0 fully saturated rings. The van der Waals surface area contributed by atoms with Gasteiger partial charge < -0.3 is 4.90 Å². The standard InChI is InChI=1S/C12H14BrNOS2/c1-2-5-14(6-4-13)12(15)11-8-10-9(17-11)3-7-16-10/h3,7-8H,2,4-6H2,1H3. The van der Waals surface area contributed by atoms with E-state index >= 15 is 0 Å². The molecule has 0 atom stereocenters. The quantitative estimate of drug-likeness (QED) is 0.751. The van der Waals surface area contributed by atoms with E-state index in [4.69, 9.17) is 0 Å². The van der Waals surface area contributed by atoms with E-state index in [9.17, 15) is 4.79 Å². The van der Waals surface area contributed by atoms with E-state index in [1.165, 1.54) is 9.40 Å². The van der Waals surface area contributed by atoms with Gasteiger partial charge in [0.25, 0.3) is 5.91 Å². The molecule has 2 aromatic rings. The Bertz CT molecular complexity index is 471. The van der Waals surface area contributed by atoms with E-state index in [1.54, 1.807) is 22.7 Å². The third-order valence-corrected chi connectivity index (χ3v) is 4.92. The first kappa shape index (κ1) is 13.1. The van der Waals surface area contributed by atoms with Gasteiger partial charge in [0.1, 0.15) is 0 Å². The van der Waals surface area contributed by atoms with Crippen LogP contribution >= 0.6 is 38.6 Å². The molecule has 2 rings (SSSR count). The zero-order valence-corrected chi connectivity index (χ0v) is 12.8. The normalized spacial score (nSPS) is 10.9. The average molecular weight is 332 g/mol. The van der Waals surface area contributed by atoms with Crippen molar-refractivity contribution in [3.8, 4) is 0 Å². The van der Waals surface area contributed by atoms with E-state index in [0.29, 0.717) is 0 Å². The summed E-state index contributed by atoms with van der Waals surface area (Å²) >= 11 is 6.69. The number of hydrogen-bond donors (Lipinski definition) is 0. The number of carbonyl (C=O) groups is 1. The van der Waals surface area contributed by atoms with E-state index in [1.807, 2.05) is 11.0 Å². The first-order chi connectivity index (χ1) is 8.26. The van der Waals surface area contributed by atoms with Crippen LogP contribution < -0.4 is 0 Å². The number of nitrogens with zero attached hydrogens (tertiary/aromatic N) is 1. The van der Waals surface area contributed by atoms with Crippen molar-refractivity contribution in [2.24, 2.45) is 0 Å². The molecule has 92 valence electrons. The monoisotopic (exact) mass is 331 g/mol. The summed E-state index contributed by atoms with van der Waals surface area (Å²) in [5, 5.41) is 2.90. The molecule has 0 aliphatic heterocycles. The van der Waals surface area contributed by atoms with Crippen LogP contribution in [0.2, 0.25) is 0 Å². The van der Waals surface area contributed by atoms with Crippen LogP contribution in [-0.4, -0.2) is 29.2 Å². The Hall–Kier alpha value is -0.390. The van der Waals surface area contributed by atoms with Crippen molar-refractivity contribution in [1.29, 1.82) is 0 Å². The Balaban J connectivity index is 2.19. The first-order valence-corrected chi connectivity index (χ1v) is 8.40. The number of hydrogen-bond acceptors (Lipinski definition) is 3. The molecule has 0 saturated heterocycles. The second-order valence-corrected chi connectivity index (χ2v) is 6.57. The molecule has 0 aromatic carbocycles. The molecule has 0 unspecified atom stereocenters. The van der Waals surface area contributed by atoms with Crippen molar-refractivity contribution >= 4 is 53.9 Å². The number of carbonyl (C=O) groups excluding carboxylic acids is 1. The van der Waals surface area contributed by atoms with Gasteiger partial charge in [0, 0.05) is 27.8 Å². The average Bonchev–Trinajstić information content (AvgIpc) is 2.87. The minimum Gasteiger partial charge on any atom is -0.337 e. The summed E-state index contributed by atoms with van der Waals surface area (Å²) in [4.78, 5) is 15.1. The summed E-state index contributed by atoms with van der Waals surface area (Å²) in [5.41, 5.74) is 0. The van der Waals surface area contributed by atoms with E-state index in [-0.39, 0.29) is 5.91 Å².